The minimum absolute atomic E-state index is 0.124. The monoisotopic (exact) mass is 237 g/mol. The van der Waals surface area contributed by atoms with Gasteiger partial charge >= 0.3 is 0 Å². The van der Waals surface area contributed by atoms with Crippen LogP contribution in [0.3, 0.4) is 0 Å². The number of rotatable bonds is 5. The molecule has 0 aromatic heterocycles. The van der Waals surface area contributed by atoms with Crippen LogP contribution in [0.5, 0.6) is 0 Å². The molecule has 5 nitrogen and oxygen atoms in total. The Morgan fingerprint density at radius 3 is 2.82 bits per heavy atom. The molecule has 1 amide bonds. The highest BCUT2D eigenvalue weighted by Gasteiger charge is 2.22. The first-order chi connectivity index (χ1) is 8.27. The molecule has 1 aliphatic rings. The van der Waals surface area contributed by atoms with Crippen LogP contribution in [0, 0.1) is 0 Å². The molecular formula is C12H15NO4. The fourth-order valence-electron chi connectivity index (χ4n) is 1.64. The Hall–Kier alpha value is -1.43. The van der Waals surface area contributed by atoms with Crippen LogP contribution in [0.1, 0.15) is 11.7 Å². The standard InChI is InChI=1S/C12H15NO4/c13-12(14)11(9-4-2-1-3-5-9)16-7-10-6-15-8-17-10/h1-5,10-11H,6-8H2,(H2,13,14). The van der Waals surface area contributed by atoms with Gasteiger partial charge in [-0.3, -0.25) is 4.79 Å². The zero-order chi connectivity index (χ0) is 12.1. The largest absolute Gasteiger partial charge is 0.367 e. The van der Waals surface area contributed by atoms with Gasteiger partial charge in [-0.15, -0.1) is 0 Å². The van der Waals surface area contributed by atoms with E-state index in [4.69, 9.17) is 19.9 Å². The first-order valence-electron chi connectivity index (χ1n) is 5.42. The normalized spacial score (nSPS) is 21.3. The molecule has 1 fully saturated rings. The molecule has 1 aromatic carbocycles. The van der Waals surface area contributed by atoms with Crippen molar-refractivity contribution >= 4 is 5.91 Å². The molecule has 0 spiro atoms. The van der Waals surface area contributed by atoms with Gasteiger partial charge in [0.15, 0.2) is 6.10 Å². The second-order valence-corrected chi connectivity index (χ2v) is 3.80. The summed E-state index contributed by atoms with van der Waals surface area (Å²) in [5, 5.41) is 0. The van der Waals surface area contributed by atoms with Crippen molar-refractivity contribution in [3.8, 4) is 0 Å². The molecule has 0 saturated carbocycles. The van der Waals surface area contributed by atoms with Gasteiger partial charge < -0.3 is 19.9 Å². The molecular weight excluding hydrogens is 222 g/mol. The second-order valence-electron chi connectivity index (χ2n) is 3.80. The smallest absolute Gasteiger partial charge is 0.251 e. The van der Waals surface area contributed by atoms with Crippen LogP contribution in [-0.2, 0) is 19.0 Å². The van der Waals surface area contributed by atoms with E-state index in [0.717, 1.165) is 5.56 Å². The predicted molar refractivity (Wildman–Crippen MR) is 60.0 cm³/mol. The summed E-state index contributed by atoms with van der Waals surface area (Å²) < 4.78 is 15.8. The quantitative estimate of drug-likeness (QED) is 0.814. The first-order valence-corrected chi connectivity index (χ1v) is 5.42. The van der Waals surface area contributed by atoms with Crippen molar-refractivity contribution in [1.29, 1.82) is 0 Å². The lowest BCUT2D eigenvalue weighted by Gasteiger charge is -2.16. The van der Waals surface area contributed by atoms with Gasteiger partial charge in [0.05, 0.1) is 13.2 Å². The third-order valence-corrected chi connectivity index (χ3v) is 2.50. The number of ether oxygens (including phenoxy) is 3. The van der Waals surface area contributed by atoms with E-state index in [9.17, 15) is 4.79 Å². The summed E-state index contributed by atoms with van der Waals surface area (Å²) in [5.74, 6) is -0.505. The highest BCUT2D eigenvalue weighted by molar-refractivity contribution is 5.80. The molecule has 2 N–H and O–H groups in total. The number of primary amides is 1. The fraction of sp³-hybridized carbons (Fsp3) is 0.417. The van der Waals surface area contributed by atoms with Gasteiger partial charge in [0, 0.05) is 0 Å². The molecule has 1 aliphatic heterocycles. The SMILES string of the molecule is NC(=O)C(OCC1COCO1)c1ccccc1. The van der Waals surface area contributed by atoms with Gasteiger partial charge in [-0.2, -0.15) is 0 Å². The summed E-state index contributed by atoms with van der Waals surface area (Å²) in [4.78, 5) is 11.3. The Morgan fingerprint density at radius 1 is 1.47 bits per heavy atom. The highest BCUT2D eigenvalue weighted by Crippen LogP contribution is 2.18. The average molecular weight is 237 g/mol. The Balaban J connectivity index is 1.95. The van der Waals surface area contributed by atoms with Gasteiger partial charge in [-0.1, -0.05) is 30.3 Å². The van der Waals surface area contributed by atoms with Gasteiger partial charge in [0.2, 0.25) is 0 Å². The van der Waals surface area contributed by atoms with E-state index in [1.807, 2.05) is 18.2 Å². The molecule has 0 radical (unpaired) electrons. The number of amides is 1. The van der Waals surface area contributed by atoms with E-state index in [1.165, 1.54) is 0 Å². The highest BCUT2D eigenvalue weighted by atomic mass is 16.7. The summed E-state index contributed by atoms with van der Waals surface area (Å²) >= 11 is 0. The maximum absolute atomic E-state index is 11.3. The Bertz CT molecular complexity index is 362. The fourth-order valence-corrected chi connectivity index (χ4v) is 1.64. The van der Waals surface area contributed by atoms with Gasteiger partial charge in [-0.05, 0) is 5.56 Å². The van der Waals surface area contributed by atoms with Crippen molar-refractivity contribution in [3.05, 3.63) is 35.9 Å². The van der Waals surface area contributed by atoms with Crippen LogP contribution in [0.15, 0.2) is 30.3 Å². The number of carbonyl (C=O) groups excluding carboxylic acids is 1. The number of benzene rings is 1. The number of hydrogen-bond donors (Lipinski definition) is 1. The maximum Gasteiger partial charge on any atom is 0.251 e. The van der Waals surface area contributed by atoms with Crippen LogP contribution < -0.4 is 5.73 Å². The van der Waals surface area contributed by atoms with Crippen LogP contribution in [0.4, 0.5) is 0 Å². The summed E-state index contributed by atoms with van der Waals surface area (Å²) in [6, 6.07) is 9.16. The molecule has 17 heavy (non-hydrogen) atoms. The molecule has 1 saturated heterocycles. The van der Waals surface area contributed by atoms with E-state index < -0.39 is 12.0 Å². The molecule has 2 rings (SSSR count). The van der Waals surface area contributed by atoms with Gasteiger partial charge in [0.1, 0.15) is 12.9 Å². The average Bonchev–Trinajstić information content (AvgIpc) is 2.83. The van der Waals surface area contributed by atoms with Crippen molar-refractivity contribution < 1.29 is 19.0 Å². The van der Waals surface area contributed by atoms with Crippen molar-refractivity contribution in [1.82, 2.24) is 0 Å². The Labute approximate surface area is 99.5 Å². The summed E-state index contributed by atoms with van der Waals surface area (Å²) in [6.45, 7) is 1.06. The van der Waals surface area contributed by atoms with Crippen LogP contribution >= 0.6 is 0 Å². The number of hydrogen-bond acceptors (Lipinski definition) is 4. The molecule has 2 atom stereocenters. The topological polar surface area (TPSA) is 70.8 Å². The minimum atomic E-state index is -0.736. The third-order valence-electron chi connectivity index (χ3n) is 2.50. The van der Waals surface area contributed by atoms with Crippen LogP contribution in [-0.4, -0.2) is 32.0 Å². The lowest BCUT2D eigenvalue weighted by atomic mass is 10.1. The molecule has 2 unspecified atom stereocenters. The van der Waals surface area contributed by atoms with Crippen LogP contribution in [0.2, 0.25) is 0 Å². The second kappa shape index (κ2) is 5.77. The summed E-state index contributed by atoms with van der Waals surface area (Å²) in [5.41, 5.74) is 6.07. The molecule has 0 bridgehead atoms. The van der Waals surface area contributed by atoms with E-state index in [2.05, 4.69) is 0 Å². The van der Waals surface area contributed by atoms with Gasteiger partial charge in [0.25, 0.3) is 5.91 Å². The van der Waals surface area contributed by atoms with E-state index in [0.29, 0.717) is 13.2 Å². The lowest BCUT2D eigenvalue weighted by molar-refractivity contribution is -0.132. The van der Waals surface area contributed by atoms with Crippen molar-refractivity contribution in [2.75, 3.05) is 20.0 Å². The van der Waals surface area contributed by atoms with Crippen molar-refractivity contribution in [2.24, 2.45) is 5.73 Å². The number of carbonyl (C=O) groups is 1. The summed E-state index contributed by atoms with van der Waals surface area (Å²) in [7, 11) is 0. The predicted octanol–water partition coefficient (Wildman–Crippen LogP) is 0.602. The van der Waals surface area contributed by atoms with Crippen LogP contribution in [0.25, 0.3) is 0 Å². The minimum Gasteiger partial charge on any atom is -0.367 e. The lowest BCUT2D eigenvalue weighted by Crippen LogP contribution is -2.28. The third kappa shape index (κ3) is 3.26. The van der Waals surface area contributed by atoms with Gasteiger partial charge in [-0.25, -0.2) is 0 Å². The van der Waals surface area contributed by atoms with E-state index in [-0.39, 0.29) is 12.9 Å². The van der Waals surface area contributed by atoms with E-state index in [1.54, 1.807) is 12.1 Å². The molecule has 5 heteroatoms. The number of nitrogens with two attached hydrogens (primary N) is 1. The zero-order valence-corrected chi connectivity index (χ0v) is 9.37. The molecule has 1 heterocycles. The first kappa shape index (κ1) is 12.0. The van der Waals surface area contributed by atoms with Crippen molar-refractivity contribution in [2.45, 2.75) is 12.2 Å². The summed E-state index contributed by atoms with van der Waals surface area (Å²) in [6.07, 6.45) is -0.860. The molecule has 92 valence electrons. The zero-order valence-electron chi connectivity index (χ0n) is 9.37. The Kier molecular flexibility index (Phi) is 4.08. The molecule has 1 aromatic rings. The molecule has 0 aliphatic carbocycles. The maximum atomic E-state index is 11.3. The Morgan fingerprint density at radius 2 is 2.24 bits per heavy atom. The van der Waals surface area contributed by atoms with Crippen molar-refractivity contribution in [3.63, 3.8) is 0 Å². The van der Waals surface area contributed by atoms with E-state index >= 15 is 0 Å².